The molecule has 0 atom stereocenters. The van der Waals surface area contributed by atoms with Crippen molar-refractivity contribution < 1.29 is 17.9 Å². The minimum absolute atomic E-state index is 0.0468. The molecule has 0 aliphatic rings. The fourth-order valence-corrected chi connectivity index (χ4v) is 3.04. The number of hydrogen-bond donors (Lipinski definition) is 1. The van der Waals surface area contributed by atoms with Gasteiger partial charge in [0.1, 0.15) is 11.3 Å². The van der Waals surface area contributed by atoms with Crippen LogP contribution < -0.4 is 16.0 Å². The van der Waals surface area contributed by atoms with E-state index in [4.69, 9.17) is 21.6 Å². The van der Waals surface area contributed by atoms with E-state index in [1.807, 2.05) is 0 Å². The van der Waals surface area contributed by atoms with E-state index >= 15 is 0 Å². The molecule has 0 spiro atoms. The maximum absolute atomic E-state index is 13.7. The summed E-state index contributed by atoms with van der Waals surface area (Å²) in [6, 6.07) is 5.45. The number of nitrogens with one attached hydrogen (secondary N) is 1. The lowest BCUT2D eigenvalue weighted by Gasteiger charge is -2.18. The molecule has 0 radical (unpaired) electrons. The van der Waals surface area contributed by atoms with E-state index in [0.717, 1.165) is 21.4 Å². The minimum atomic E-state index is -4.88. The zero-order valence-corrected chi connectivity index (χ0v) is 16.3. The summed E-state index contributed by atoms with van der Waals surface area (Å²) < 4.78 is 48.4. The molecule has 0 fully saturated rings. The summed E-state index contributed by atoms with van der Waals surface area (Å²) in [5.41, 5.74) is -3.12. The lowest BCUT2D eigenvalue weighted by Crippen LogP contribution is -2.27. The Bertz CT molecular complexity index is 1280. The summed E-state index contributed by atoms with van der Waals surface area (Å²) in [6.45, 7) is 0.899. The number of aryl methyl sites for hydroxylation is 1. The molecule has 0 saturated carbocycles. The Balaban J connectivity index is 2.18. The summed E-state index contributed by atoms with van der Waals surface area (Å²) in [6.07, 6.45) is -3.87. The molecule has 0 amide bonds. The van der Waals surface area contributed by atoms with Crippen molar-refractivity contribution in [3.05, 3.63) is 72.8 Å². The van der Waals surface area contributed by atoms with Gasteiger partial charge in [-0.3, -0.25) is 9.36 Å². The molecule has 156 valence electrons. The highest BCUT2D eigenvalue weighted by molar-refractivity contribution is 6.30. The van der Waals surface area contributed by atoms with Crippen molar-refractivity contribution in [3.63, 3.8) is 0 Å². The molecule has 2 aromatic heterocycles. The first kappa shape index (κ1) is 21.2. The van der Waals surface area contributed by atoms with Gasteiger partial charge in [-0.15, -0.1) is 0 Å². The smallest absolute Gasteiger partial charge is 0.420 e. The van der Waals surface area contributed by atoms with Crippen molar-refractivity contribution in [1.29, 1.82) is 5.26 Å². The summed E-state index contributed by atoms with van der Waals surface area (Å²) >= 11 is 5.87. The summed E-state index contributed by atoms with van der Waals surface area (Å²) in [5, 5.41) is 15.0. The highest BCUT2D eigenvalue weighted by Crippen LogP contribution is 2.38. The van der Waals surface area contributed by atoms with Crippen LogP contribution in [-0.4, -0.2) is 19.3 Å². The number of benzene rings is 1. The third kappa shape index (κ3) is 4.08. The normalized spacial score (nSPS) is 11.4. The molecule has 2 heterocycles. The van der Waals surface area contributed by atoms with E-state index in [9.17, 15) is 22.8 Å². The Labute approximate surface area is 171 Å². The second-order valence-corrected chi connectivity index (χ2v) is 6.78. The van der Waals surface area contributed by atoms with Gasteiger partial charge >= 0.3 is 11.9 Å². The Kier molecular flexibility index (Phi) is 5.45. The SMILES string of the molecule is Cc1cn(Cc2n[nH]c(=O)n2C)c(=O)c(Oc2cc(Cl)cc(C#N)c2)c1C(F)(F)F. The van der Waals surface area contributed by atoms with Crippen molar-refractivity contribution >= 4 is 11.6 Å². The number of alkyl halides is 3. The number of hydrogen-bond acceptors (Lipinski definition) is 5. The van der Waals surface area contributed by atoms with Gasteiger partial charge in [0.2, 0.25) is 5.75 Å². The summed E-state index contributed by atoms with van der Waals surface area (Å²) in [5.74, 6) is -1.05. The van der Waals surface area contributed by atoms with Crippen LogP contribution in [-0.2, 0) is 19.8 Å². The van der Waals surface area contributed by atoms with Gasteiger partial charge in [-0.2, -0.15) is 23.5 Å². The molecule has 1 aromatic carbocycles. The lowest BCUT2D eigenvalue weighted by molar-refractivity contribution is -0.139. The average molecular weight is 440 g/mol. The van der Waals surface area contributed by atoms with Gasteiger partial charge in [0, 0.05) is 18.3 Å². The Morgan fingerprint density at radius 1 is 1.30 bits per heavy atom. The lowest BCUT2D eigenvalue weighted by atomic mass is 10.1. The van der Waals surface area contributed by atoms with Gasteiger partial charge in [-0.25, -0.2) is 9.89 Å². The molecule has 8 nitrogen and oxygen atoms in total. The highest BCUT2D eigenvalue weighted by Gasteiger charge is 2.38. The van der Waals surface area contributed by atoms with Crippen molar-refractivity contribution in [2.75, 3.05) is 0 Å². The van der Waals surface area contributed by atoms with E-state index in [2.05, 4.69) is 10.2 Å². The van der Waals surface area contributed by atoms with Gasteiger partial charge in [-0.05, 0) is 30.7 Å². The van der Waals surface area contributed by atoms with Gasteiger partial charge in [0.05, 0.1) is 18.2 Å². The second-order valence-electron chi connectivity index (χ2n) is 6.34. The first-order valence-corrected chi connectivity index (χ1v) is 8.69. The maximum atomic E-state index is 13.7. The third-order valence-corrected chi connectivity index (χ3v) is 4.43. The number of pyridine rings is 1. The molecule has 0 saturated heterocycles. The third-order valence-electron chi connectivity index (χ3n) is 4.21. The monoisotopic (exact) mass is 439 g/mol. The molecule has 30 heavy (non-hydrogen) atoms. The van der Waals surface area contributed by atoms with Crippen LogP contribution in [0.1, 0.15) is 22.5 Å². The Morgan fingerprint density at radius 3 is 2.57 bits per heavy atom. The number of nitriles is 1. The van der Waals surface area contributed by atoms with Crippen LogP contribution in [0.5, 0.6) is 11.5 Å². The zero-order valence-electron chi connectivity index (χ0n) is 15.5. The second kappa shape index (κ2) is 7.72. The van der Waals surface area contributed by atoms with Gasteiger partial charge in [-0.1, -0.05) is 11.6 Å². The molecule has 3 aromatic rings. The van der Waals surface area contributed by atoms with Gasteiger partial charge in [0.15, 0.2) is 5.82 Å². The fourth-order valence-electron chi connectivity index (χ4n) is 2.82. The van der Waals surface area contributed by atoms with Gasteiger partial charge in [0.25, 0.3) is 5.56 Å². The van der Waals surface area contributed by atoms with Crippen LogP contribution in [0.3, 0.4) is 0 Å². The van der Waals surface area contributed by atoms with Crippen LogP contribution >= 0.6 is 11.6 Å². The predicted molar refractivity (Wildman–Crippen MR) is 99.6 cm³/mol. The van der Waals surface area contributed by atoms with E-state index in [1.54, 1.807) is 6.07 Å². The molecular formula is C18H13ClF3N5O3. The standard InChI is InChI=1S/C18H13ClF3N5O3/c1-9-7-27(8-13-24-25-17(29)26(13)2)16(28)15(14(9)18(20,21)22)30-12-4-10(6-23)3-11(19)5-12/h3-5,7H,8H2,1-2H3,(H,25,29). The van der Waals surface area contributed by atoms with E-state index in [1.165, 1.54) is 26.1 Å². The molecule has 0 unspecified atom stereocenters. The molecular weight excluding hydrogens is 427 g/mol. The number of nitrogens with zero attached hydrogens (tertiary/aromatic N) is 4. The number of H-pyrrole nitrogens is 1. The minimum Gasteiger partial charge on any atom is -0.451 e. The van der Waals surface area contributed by atoms with Crippen LogP contribution in [0.15, 0.2) is 34.0 Å². The van der Waals surface area contributed by atoms with Gasteiger partial charge < -0.3 is 9.30 Å². The molecule has 0 aliphatic carbocycles. The zero-order chi connectivity index (χ0) is 22.2. The van der Waals surface area contributed by atoms with Crippen LogP contribution in [0, 0.1) is 18.3 Å². The van der Waals surface area contributed by atoms with Crippen molar-refractivity contribution in [3.8, 4) is 17.6 Å². The van der Waals surface area contributed by atoms with Crippen LogP contribution in [0.4, 0.5) is 13.2 Å². The van der Waals surface area contributed by atoms with E-state index in [0.29, 0.717) is 0 Å². The number of aromatic amines is 1. The molecule has 3 rings (SSSR count). The van der Waals surface area contributed by atoms with Crippen LogP contribution in [0.2, 0.25) is 5.02 Å². The molecule has 1 N–H and O–H groups in total. The topological polar surface area (TPSA) is 106 Å². The quantitative estimate of drug-likeness (QED) is 0.672. The predicted octanol–water partition coefficient (Wildman–Crippen LogP) is 2.96. The Morgan fingerprint density at radius 2 is 2.00 bits per heavy atom. The van der Waals surface area contributed by atoms with Crippen molar-refractivity contribution in [2.24, 2.45) is 7.05 Å². The number of rotatable bonds is 4. The van der Waals surface area contributed by atoms with E-state index < -0.39 is 28.7 Å². The maximum Gasteiger partial charge on any atom is 0.420 e. The largest absolute Gasteiger partial charge is 0.451 e. The van der Waals surface area contributed by atoms with E-state index in [-0.39, 0.29) is 34.3 Å². The van der Waals surface area contributed by atoms with Crippen molar-refractivity contribution in [2.45, 2.75) is 19.6 Å². The average Bonchev–Trinajstić information content (AvgIpc) is 2.96. The summed E-state index contributed by atoms with van der Waals surface area (Å²) in [4.78, 5) is 24.4. The molecule has 0 bridgehead atoms. The number of aromatic nitrogens is 4. The van der Waals surface area contributed by atoms with Crippen LogP contribution in [0.25, 0.3) is 0 Å². The molecule has 12 heteroatoms. The summed E-state index contributed by atoms with van der Waals surface area (Å²) in [7, 11) is 1.40. The first-order valence-electron chi connectivity index (χ1n) is 8.31. The molecule has 0 aliphatic heterocycles. The highest BCUT2D eigenvalue weighted by atomic mass is 35.5. The van der Waals surface area contributed by atoms with Crippen molar-refractivity contribution in [1.82, 2.24) is 19.3 Å². The first-order chi connectivity index (χ1) is 14.0. The Hall–Kier alpha value is -3.52. The number of ether oxygens (including phenoxy) is 1. The number of halogens is 4. The fraction of sp³-hybridized carbons (Fsp3) is 0.222.